The molecule has 2 saturated heterocycles. The van der Waals surface area contributed by atoms with Crippen molar-refractivity contribution in [3.63, 3.8) is 0 Å². The Labute approximate surface area is 269 Å². The molecule has 0 radical (unpaired) electrons. The molecule has 2 aliphatic heterocycles. The van der Waals surface area contributed by atoms with Gasteiger partial charge in [-0.2, -0.15) is 4.98 Å². The number of hydrogen-bond donors (Lipinski definition) is 1. The number of piperazine rings is 1. The second-order valence-corrected chi connectivity index (χ2v) is 12.9. The molecule has 0 aliphatic carbocycles. The van der Waals surface area contributed by atoms with Gasteiger partial charge < -0.3 is 38.4 Å². The maximum atomic E-state index is 13.9. The van der Waals surface area contributed by atoms with Crippen LogP contribution in [0.2, 0.25) is 0 Å². The average Bonchev–Trinajstić information content (AvgIpc) is 3.57. The standard InChI is InChI=1S/C31H44N5O9P/c1-4-7-18-42-31(39)36-16-14-35(15-17-36)30(38)26(22-46(40,43-5-2)44-6-3)33-29(37)25-20-27(45-24-13-19-41-21-24)34-28(32-25)23-11-9-8-10-12-23/h8-12,20,24,26H,4-7,13-19,21-22H2,1-3H3,(H,33,37)/t24-,26-/m0/s1. The summed E-state index contributed by atoms with van der Waals surface area (Å²) in [6, 6.07) is 9.27. The number of hydrogen-bond acceptors (Lipinski definition) is 11. The number of unbranched alkanes of at least 4 members (excludes halogenated alkanes) is 1. The lowest BCUT2D eigenvalue weighted by Gasteiger charge is -2.36. The van der Waals surface area contributed by atoms with Gasteiger partial charge in [-0.1, -0.05) is 43.7 Å². The Balaban J connectivity index is 1.56. The first-order valence-electron chi connectivity index (χ1n) is 15.8. The largest absolute Gasteiger partial charge is 0.472 e. The Morgan fingerprint density at radius 2 is 1.72 bits per heavy atom. The number of ether oxygens (including phenoxy) is 3. The topological polar surface area (TPSA) is 159 Å². The van der Waals surface area contributed by atoms with Crippen molar-refractivity contribution in [3.05, 3.63) is 42.1 Å². The van der Waals surface area contributed by atoms with Crippen LogP contribution in [0.5, 0.6) is 5.88 Å². The smallest absolute Gasteiger partial charge is 0.409 e. The van der Waals surface area contributed by atoms with Crippen LogP contribution in [0.1, 0.15) is 50.5 Å². The lowest BCUT2D eigenvalue weighted by molar-refractivity contribution is -0.134. The van der Waals surface area contributed by atoms with Gasteiger partial charge in [0.15, 0.2) is 5.82 Å². The number of nitrogens with zero attached hydrogens (tertiary/aromatic N) is 4. The van der Waals surface area contributed by atoms with Gasteiger partial charge in [-0.25, -0.2) is 9.78 Å². The molecule has 0 spiro atoms. The fraction of sp³-hybridized carbons (Fsp3) is 0.581. The molecule has 3 heterocycles. The van der Waals surface area contributed by atoms with Crippen molar-refractivity contribution in [1.29, 1.82) is 0 Å². The number of amides is 3. The summed E-state index contributed by atoms with van der Waals surface area (Å²) in [5.74, 6) is -0.720. The van der Waals surface area contributed by atoms with Crippen molar-refractivity contribution in [2.45, 2.75) is 52.2 Å². The highest BCUT2D eigenvalue weighted by atomic mass is 31.2. The molecule has 1 aromatic heterocycles. The van der Waals surface area contributed by atoms with E-state index in [1.165, 1.54) is 11.0 Å². The Bertz CT molecular complexity index is 1340. The summed E-state index contributed by atoms with van der Waals surface area (Å²) >= 11 is 0. The summed E-state index contributed by atoms with van der Waals surface area (Å²) in [6.07, 6.45) is 1.31. The number of benzene rings is 1. The second kappa shape index (κ2) is 17.4. The molecule has 2 fully saturated rings. The quantitative estimate of drug-likeness (QED) is 0.219. The molecule has 0 bridgehead atoms. The number of carbonyl (C=O) groups is 3. The zero-order valence-electron chi connectivity index (χ0n) is 26.7. The zero-order valence-corrected chi connectivity index (χ0v) is 27.6. The van der Waals surface area contributed by atoms with Gasteiger partial charge in [-0.05, 0) is 20.3 Å². The minimum Gasteiger partial charge on any atom is -0.472 e. The normalized spacial score (nSPS) is 17.4. The summed E-state index contributed by atoms with van der Waals surface area (Å²) in [4.78, 5) is 52.2. The molecular formula is C31H44N5O9P. The summed E-state index contributed by atoms with van der Waals surface area (Å²) < 4.78 is 41.3. The van der Waals surface area contributed by atoms with E-state index in [1.807, 2.05) is 37.3 Å². The van der Waals surface area contributed by atoms with Crippen molar-refractivity contribution in [3.8, 4) is 17.3 Å². The highest BCUT2D eigenvalue weighted by Gasteiger charge is 2.37. The van der Waals surface area contributed by atoms with Gasteiger partial charge in [0.25, 0.3) is 5.91 Å². The fourth-order valence-electron chi connectivity index (χ4n) is 5.00. The molecule has 2 atom stereocenters. The van der Waals surface area contributed by atoms with E-state index in [9.17, 15) is 18.9 Å². The van der Waals surface area contributed by atoms with E-state index in [1.54, 1.807) is 18.7 Å². The SMILES string of the molecule is CCCCOC(=O)N1CCN(C(=O)[C@H](CP(=O)(OCC)OCC)NC(=O)c2cc(O[C@H]3CCOC3)nc(-c3ccccc3)n2)CC1. The lowest BCUT2D eigenvalue weighted by atomic mass is 10.2. The molecule has 0 saturated carbocycles. The van der Waals surface area contributed by atoms with Crippen LogP contribution in [-0.4, -0.2) is 115 Å². The van der Waals surface area contributed by atoms with Crippen molar-refractivity contribution in [2.24, 2.45) is 0 Å². The van der Waals surface area contributed by atoms with E-state index in [0.717, 1.165) is 12.8 Å². The van der Waals surface area contributed by atoms with Gasteiger partial charge in [-0.15, -0.1) is 0 Å². The van der Waals surface area contributed by atoms with Gasteiger partial charge in [0.1, 0.15) is 17.8 Å². The predicted molar refractivity (Wildman–Crippen MR) is 169 cm³/mol. The van der Waals surface area contributed by atoms with Crippen LogP contribution in [0.3, 0.4) is 0 Å². The minimum absolute atomic E-state index is 0.0390. The molecule has 15 heteroatoms. The second-order valence-electron chi connectivity index (χ2n) is 10.8. The molecule has 252 valence electrons. The molecule has 1 aromatic carbocycles. The number of rotatable bonds is 15. The molecule has 14 nitrogen and oxygen atoms in total. The first kappa shape index (κ1) is 35.3. The van der Waals surface area contributed by atoms with Crippen LogP contribution >= 0.6 is 7.60 Å². The highest BCUT2D eigenvalue weighted by Crippen LogP contribution is 2.48. The Kier molecular flexibility index (Phi) is 13.3. The Morgan fingerprint density at radius 3 is 2.35 bits per heavy atom. The molecule has 0 unspecified atom stereocenters. The third-order valence-corrected chi connectivity index (χ3v) is 9.49. The zero-order chi connectivity index (χ0) is 32.9. The van der Waals surface area contributed by atoms with E-state index in [4.69, 9.17) is 23.3 Å². The summed E-state index contributed by atoms with van der Waals surface area (Å²) in [5, 5.41) is 2.73. The number of carbonyl (C=O) groups excluding carboxylic acids is 3. The summed E-state index contributed by atoms with van der Waals surface area (Å²) in [6.45, 7) is 7.73. The van der Waals surface area contributed by atoms with Crippen molar-refractivity contribution < 1.29 is 42.2 Å². The fourth-order valence-corrected chi connectivity index (χ4v) is 6.76. The molecule has 2 aliphatic rings. The van der Waals surface area contributed by atoms with Crippen LogP contribution in [0.4, 0.5) is 4.79 Å². The average molecular weight is 662 g/mol. The molecule has 4 rings (SSSR count). The maximum Gasteiger partial charge on any atom is 0.409 e. The molecule has 2 aromatic rings. The van der Waals surface area contributed by atoms with E-state index in [2.05, 4.69) is 15.3 Å². The van der Waals surface area contributed by atoms with Gasteiger partial charge in [0, 0.05) is 44.2 Å². The predicted octanol–water partition coefficient (Wildman–Crippen LogP) is 3.76. The van der Waals surface area contributed by atoms with E-state index in [0.29, 0.717) is 31.8 Å². The molecule has 1 N–H and O–H groups in total. The van der Waals surface area contributed by atoms with E-state index >= 15 is 0 Å². The minimum atomic E-state index is -3.78. The monoisotopic (exact) mass is 661 g/mol. The van der Waals surface area contributed by atoms with Crippen LogP contribution in [0, 0.1) is 0 Å². The first-order chi connectivity index (χ1) is 22.2. The van der Waals surface area contributed by atoms with Crippen molar-refractivity contribution >= 4 is 25.5 Å². The highest BCUT2D eigenvalue weighted by molar-refractivity contribution is 7.54. The van der Waals surface area contributed by atoms with Gasteiger partial charge in [0.05, 0.1) is 39.2 Å². The first-order valence-corrected chi connectivity index (χ1v) is 17.6. The Morgan fingerprint density at radius 1 is 1.02 bits per heavy atom. The number of nitrogens with one attached hydrogen (secondary N) is 1. The van der Waals surface area contributed by atoms with Crippen molar-refractivity contribution in [2.75, 3.05) is 65.4 Å². The van der Waals surface area contributed by atoms with E-state index in [-0.39, 0.29) is 62.9 Å². The third-order valence-electron chi connectivity index (χ3n) is 7.38. The van der Waals surface area contributed by atoms with Crippen molar-refractivity contribution in [1.82, 2.24) is 25.1 Å². The van der Waals surface area contributed by atoms with Crippen LogP contribution in [0.25, 0.3) is 11.4 Å². The summed E-state index contributed by atoms with van der Waals surface area (Å²) in [5.41, 5.74) is 0.628. The van der Waals surface area contributed by atoms with Gasteiger partial charge in [-0.3, -0.25) is 14.2 Å². The molecular weight excluding hydrogens is 617 g/mol. The Hall–Kier alpha value is -3.58. The van der Waals surface area contributed by atoms with Crippen LogP contribution in [-0.2, 0) is 27.9 Å². The van der Waals surface area contributed by atoms with Crippen LogP contribution < -0.4 is 10.1 Å². The third kappa shape index (κ3) is 9.96. The maximum absolute atomic E-state index is 13.9. The van der Waals surface area contributed by atoms with Crippen LogP contribution in [0.15, 0.2) is 36.4 Å². The van der Waals surface area contributed by atoms with Gasteiger partial charge >= 0.3 is 13.7 Å². The number of aromatic nitrogens is 2. The molecule has 46 heavy (non-hydrogen) atoms. The lowest BCUT2D eigenvalue weighted by Crippen LogP contribution is -2.57. The summed E-state index contributed by atoms with van der Waals surface area (Å²) in [7, 11) is -3.78. The van der Waals surface area contributed by atoms with E-state index < -0.39 is 37.7 Å². The van der Waals surface area contributed by atoms with Gasteiger partial charge in [0.2, 0.25) is 11.8 Å². The molecule has 3 amide bonds.